The van der Waals surface area contributed by atoms with Crippen molar-refractivity contribution in [2.75, 3.05) is 0 Å². The van der Waals surface area contributed by atoms with Crippen molar-refractivity contribution in [3.63, 3.8) is 0 Å². The van der Waals surface area contributed by atoms with E-state index in [4.69, 9.17) is 15.8 Å². The second-order valence-electron chi connectivity index (χ2n) is 2.85. The van der Waals surface area contributed by atoms with Crippen LogP contribution in [0.4, 0.5) is 0 Å². The SMILES string of the molecule is C[C@H](CC(=O)[C@H](C)N)B(O)O. The van der Waals surface area contributed by atoms with E-state index in [1.807, 2.05) is 0 Å². The minimum absolute atomic E-state index is 0.120. The van der Waals surface area contributed by atoms with Gasteiger partial charge in [-0.2, -0.15) is 0 Å². The summed E-state index contributed by atoms with van der Waals surface area (Å²) in [6.07, 6.45) is 0.120. The highest BCUT2D eigenvalue weighted by Gasteiger charge is 2.22. The fourth-order valence-corrected chi connectivity index (χ4v) is 0.609. The van der Waals surface area contributed by atoms with Gasteiger partial charge in [0.2, 0.25) is 0 Å². The Morgan fingerprint density at radius 2 is 2.00 bits per heavy atom. The number of rotatable bonds is 4. The molecule has 4 N–H and O–H groups in total. The van der Waals surface area contributed by atoms with Crippen molar-refractivity contribution >= 4 is 12.9 Å². The summed E-state index contributed by atoms with van der Waals surface area (Å²) in [5.74, 6) is -0.584. The predicted octanol–water partition coefficient (Wildman–Crippen LogP) is -0.844. The first-order valence-electron chi connectivity index (χ1n) is 3.59. The van der Waals surface area contributed by atoms with Crippen molar-refractivity contribution in [3.8, 4) is 0 Å². The Morgan fingerprint density at radius 3 is 2.27 bits per heavy atom. The molecule has 4 nitrogen and oxygen atoms in total. The third-order valence-corrected chi connectivity index (χ3v) is 1.54. The van der Waals surface area contributed by atoms with Gasteiger partial charge in [0.1, 0.15) is 5.78 Å². The van der Waals surface area contributed by atoms with Crippen LogP contribution in [-0.2, 0) is 4.79 Å². The van der Waals surface area contributed by atoms with Gasteiger partial charge in [-0.15, -0.1) is 0 Å². The monoisotopic (exact) mass is 159 g/mol. The molecule has 2 atom stereocenters. The molecule has 0 rings (SSSR count). The number of Topliss-reactive ketones (excluding diaryl/α,β-unsaturated/α-hetero) is 1. The third-order valence-electron chi connectivity index (χ3n) is 1.54. The van der Waals surface area contributed by atoms with Gasteiger partial charge in [0.15, 0.2) is 0 Å². The molecule has 0 aliphatic heterocycles. The smallest absolute Gasteiger partial charge is 0.427 e. The molecule has 0 spiro atoms. The van der Waals surface area contributed by atoms with Crippen molar-refractivity contribution in [3.05, 3.63) is 0 Å². The van der Waals surface area contributed by atoms with Gasteiger partial charge in [0, 0.05) is 6.42 Å². The van der Waals surface area contributed by atoms with Crippen LogP contribution in [0.2, 0.25) is 5.82 Å². The summed E-state index contributed by atoms with van der Waals surface area (Å²) >= 11 is 0. The van der Waals surface area contributed by atoms with Crippen LogP contribution in [-0.4, -0.2) is 29.0 Å². The summed E-state index contributed by atoms with van der Waals surface area (Å²) in [7, 11) is -1.43. The maximum absolute atomic E-state index is 10.9. The molecule has 5 heteroatoms. The maximum Gasteiger partial charge on any atom is 0.454 e. The largest absolute Gasteiger partial charge is 0.454 e. The second-order valence-corrected chi connectivity index (χ2v) is 2.85. The lowest BCUT2D eigenvalue weighted by molar-refractivity contribution is -0.120. The van der Waals surface area contributed by atoms with E-state index in [0.717, 1.165) is 0 Å². The molecule has 0 bridgehead atoms. The Balaban J connectivity index is 3.76. The summed E-state index contributed by atoms with van der Waals surface area (Å²) in [6, 6.07) is -0.517. The first-order chi connectivity index (χ1) is 4.95. The molecule has 0 unspecified atom stereocenters. The average Bonchev–Trinajstić information content (AvgIpc) is 1.87. The molecule has 64 valence electrons. The van der Waals surface area contributed by atoms with Crippen LogP contribution in [0.15, 0.2) is 0 Å². The zero-order chi connectivity index (χ0) is 9.02. The van der Waals surface area contributed by atoms with Crippen LogP contribution in [0.5, 0.6) is 0 Å². The lowest BCUT2D eigenvalue weighted by Crippen LogP contribution is -2.30. The Labute approximate surface area is 66.5 Å². The first-order valence-corrected chi connectivity index (χ1v) is 3.59. The number of carbonyl (C=O) groups excluding carboxylic acids is 1. The Bertz CT molecular complexity index is 138. The second kappa shape index (κ2) is 4.48. The van der Waals surface area contributed by atoms with Crippen molar-refractivity contribution in [2.24, 2.45) is 5.73 Å². The van der Waals surface area contributed by atoms with Crippen LogP contribution >= 0.6 is 0 Å². The maximum atomic E-state index is 10.9. The van der Waals surface area contributed by atoms with Gasteiger partial charge in [-0.3, -0.25) is 4.79 Å². The van der Waals surface area contributed by atoms with Gasteiger partial charge in [-0.05, 0) is 12.7 Å². The zero-order valence-electron chi connectivity index (χ0n) is 6.82. The summed E-state index contributed by atoms with van der Waals surface area (Å²) in [5, 5.41) is 17.2. The minimum Gasteiger partial charge on any atom is -0.427 e. The molecule has 0 fully saturated rings. The molecule has 0 aromatic carbocycles. The van der Waals surface area contributed by atoms with Gasteiger partial charge in [-0.1, -0.05) is 6.92 Å². The van der Waals surface area contributed by atoms with Crippen molar-refractivity contribution in [1.29, 1.82) is 0 Å². The van der Waals surface area contributed by atoms with Crippen LogP contribution in [0.3, 0.4) is 0 Å². The molecule has 0 aliphatic carbocycles. The molecule has 0 saturated heterocycles. The summed E-state index contributed by atoms with van der Waals surface area (Å²) in [4.78, 5) is 10.9. The number of carbonyl (C=O) groups is 1. The molecule has 0 aromatic rings. The van der Waals surface area contributed by atoms with Crippen molar-refractivity contribution in [1.82, 2.24) is 0 Å². The minimum atomic E-state index is -1.43. The Hall–Kier alpha value is -0.385. The quantitative estimate of drug-likeness (QED) is 0.466. The average molecular weight is 159 g/mol. The number of hydrogen-bond acceptors (Lipinski definition) is 4. The van der Waals surface area contributed by atoms with Crippen LogP contribution in [0.25, 0.3) is 0 Å². The Morgan fingerprint density at radius 1 is 1.55 bits per heavy atom. The fourth-order valence-electron chi connectivity index (χ4n) is 0.609. The highest BCUT2D eigenvalue weighted by molar-refractivity contribution is 6.43. The van der Waals surface area contributed by atoms with E-state index in [2.05, 4.69) is 0 Å². The molecular formula is C6H14BNO3. The van der Waals surface area contributed by atoms with Crippen molar-refractivity contribution < 1.29 is 14.8 Å². The number of ketones is 1. The lowest BCUT2D eigenvalue weighted by Gasteiger charge is -2.09. The predicted molar refractivity (Wildman–Crippen MR) is 42.9 cm³/mol. The third kappa shape index (κ3) is 4.13. The van der Waals surface area contributed by atoms with Gasteiger partial charge in [-0.25, -0.2) is 0 Å². The highest BCUT2D eigenvalue weighted by Crippen LogP contribution is 2.11. The molecule has 0 radical (unpaired) electrons. The van der Waals surface area contributed by atoms with E-state index < -0.39 is 19.0 Å². The summed E-state index contributed by atoms with van der Waals surface area (Å²) in [6.45, 7) is 3.17. The summed E-state index contributed by atoms with van der Waals surface area (Å²) in [5.41, 5.74) is 5.27. The fraction of sp³-hybridized carbons (Fsp3) is 0.833. The molecule has 11 heavy (non-hydrogen) atoms. The van der Waals surface area contributed by atoms with E-state index >= 15 is 0 Å². The van der Waals surface area contributed by atoms with E-state index in [1.165, 1.54) is 0 Å². The van der Waals surface area contributed by atoms with Gasteiger partial charge < -0.3 is 15.8 Å². The van der Waals surface area contributed by atoms with Gasteiger partial charge >= 0.3 is 7.12 Å². The van der Waals surface area contributed by atoms with Crippen LogP contribution < -0.4 is 5.73 Å². The van der Waals surface area contributed by atoms with Crippen LogP contribution in [0, 0.1) is 0 Å². The first kappa shape index (κ1) is 10.6. The molecule has 0 heterocycles. The van der Waals surface area contributed by atoms with E-state index in [-0.39, 0.29) is 12.2 Å². The van der Waals surface area contributed by atoms with Gasteiger partial charge in [0.25, 0.3) is 0 Å². The molecule has 0 amide bonds. The Kier molecular flexibility index (Phi) is 4.33. The number of hydrogen-bond donors (Lipinski definition) is 3. The van der Waals surface area contributed by atoms with E-state index in [9.17, 15) is 4.79 Å². The molecule has 0 aliphatic rings. The molecule has 0 aromatic heterocycles. The molecular weight excluding hydrogens is 145 g/mol. The topological polar surface area (TPSA) is 83.6 Å². The van der Waals surface area contributed by atoms with E-state index in [1.54, 1.807) is 13.8 Å². The molecule has 0 saturated carbocycles. The zero-order valence-corrected chi connectivity index (χ0v) is 6.82. The lowest BCUT2D eigenvalue weighted by atomic mass is 9.71. The highest BCUT2D eigenvalue weighted by atomic mass is 16.4. The summed E-state index contributed by atoms with van der Waals surface area (Å²) < 4.78 is 0. The number of nitrogens with two attached hydrogens (primary N) is 1. The standard InChI is InChI=1S/C6H14BNO3/c1-4(7(10)11)3-6(9)5(2)8/h4-5,10-11H,3,8H2,1-2H3/t4-,5+/m1/s1. The van der Waals surface area contributed by atoms with Crippen molar-refractivity contribution in [2.45, 2.75) is 32.1 Å². The van der Waals surface area contributed by atoms with Crippen LogP contribution in [0.1, 0.15) is 20.3 Å². The van der Waals surface area contributed by atoms with E-state index in [0.29, 0.717) is 0 Å². The normalized spacial score (nSPS) is 15.7. The van der Waals surface area contributed by atoms with Gasteiger partial charge in [0.05, 0.1) is 6.04 Å².